The van der Waals surface area contributed by atoms with Crippen LogP contribution in [0, 0.1) is 0 Å². The molecule has 0 aliphatic carbocycles. The maximum atomic E-state index is 12.5. The van der Waals surface area contributed by atoms with Gasteiger partial charge in [0.1, 0.15) is 0 Å². The van der Waals surface area contributed by atoms with Crippen LogP contribution in [0.2, 0.25) is 0 Å². The van der Waals surface area contributed by atoms with E-state index in [0.717, 1.165) is 0 Å². The van der Waals surface area contributed by atoms with E-state index in [2.05, 4.69) is 0 Å². The lowest BCUT2D eigenvalue weighted by atomic mass is 9.96. The van der Waals surface area contributed by atoms with Crippen molar-refractivity contribution < 1.29 is 18.0 Å². The highest BCUT2D eigenvalue weighted by atomic mass is 19.4. The van der Waals surface area contributed by atoms with Gasteiger partial charge in [-0.15, -0.1) is 0 Å². The Morgan fingerprint density at radius 2 is 1.47 bits per heavy atom. The zero-order valence-electron chi connectivity index (χ0n) is 9.95. The Balaban J connectivity index is 2.38. The van der Waals surface area contributed by atoms with E-state index in [1.807, 2.05) is 0 Å². The average molecular weight is 264 g/mol. The molecule has 0 radical (unpaired) electrons. The molecule has 0 saturated carbocycles. The quantitative estimate of drug-likeness (QED) is 0.765. The molecule has 0 spiro atoms. The summed E-state index contributed by atoms with van der Waals surface area (Å²) in [6, 6.07) is 14.1. The molecule has 2 aromatic rings. The smallest absolute Gasteiger partial charge is 0.289 e. The second-order valence-corrected chi connectivity index (χ2v) is 4.14. The van der Waals surface area contributed by atoms with Crippen molar-refractivity contribution in [3.8, 4) is 0 Å². The Kier molecular flexibility index (Phi) is 3.69. The summed E-state index contributed by atoms with van der Waals surface area (Å²) in [4.78, 5) is 12.2. The van der Waals surface area contributed by atoms with Crippen molar-refractivity contribution in [3.63, 3.8) is 0 Å². The number of carbonyl (C=O) groups is 1. The standard InChI is InChI=1S/C15H11F3O/c16-15(17,18)10-12-8-4-5-9-13(12)14(19)11-6-2-1-3-7-11/h1-9H,10H2. The molecule has 0 atom stereocenters. The van der Waals surface area contributed by atoms with E-state index in [0.29, 0.717) is 5.56 Å². The zero-order valence-corrected chi connectivity index (χ0v) is 9.95. The second kappa shape index (κ2) is 5.26. The highest BCUT2D eigenvalue weighted by molar-refractivity contribution is 6.09. The summed E-state index contributed by atoms with van der Waals surface area (Å²) in [6.07, 6.45) is -5.42. The van der Waals surface area contributed by atoms with E-state index >= 15 is 0 Å². The molecule has 19 heavy (non-hydrogen) atoms. The minimum Gasteiger partial charge on any atom is -0.289 e. The molecule has 4 heteroatoms. The summed E-state index contributed by atoms with van der Waals surface area (Å²) < 4.78 is 37.4. The Labute approximate surface area is 108 Å². The van der Waals surface area contributed by atoms with Crippen molar-refractivity contribution in [1.29, 1.82) is 0 Å². The monoisotopic (exact) mass is 264 g/mol. The zero-order chi connectivity index (χ0) is 13.9. The van der Waals surface area contributed by atoms with Crippen LogP contribution in [-0.4, -0.2) is 12.0 Å². The van der Waals surface area contributed by atoms with Crippen LogP contribution >= 0.6 is 0 Å². The lowest BCUT2D eigenvalue weighted by Crippen LogP contribution is -2.15. The van der Waals surface area contributed by atoms with Crippen molar-refractivity contribution in [3.05, 3.63) is 71.3 Å². The highest BCUT2D eigenvalue weighted by Gasteiger charge is 2.29. The fourth-order valence-corrected chi connectivity index (χ4v) is 1.86. The van der Waals surface area contributed by atoms with E-state index in [-0.39, 0.29) is 16.9 Å². The lowest BCUT2D eigenvalue weighted by Gasteiger charge is -2.11. The SMILES string of the molecule is O=C(c1ccccc1)c1ccccc1CC(F)(F)F. The Morgan fingerprint density at radius 3 is 2.11 bits per heavy atom. The molecule has 0 unspecified atom stereocenters. The summed E-state index contributed by atoms with van der Waals surface area (Å²) in [5.41, 5.74) is 0.493. The third kappa shape index (κ3) is 3.44. The lowest BCUT2D eigenvalue weighted by molar-refractivity contribution is -0.127. The van der Waals surface area contributed by atoms with E-state index in [9.17, 15) is 18.0 Å². The molecule has 0 heterocycles. The largest absolute Gasteiger partial charge is 0.393 e. The van der Waals surface area contributed by atoms with Gasteiger partial charge in [-0.2, -0.15) is 13.2 Å². The van der Waals surface area contributed by atoms with Crippen LogP contribution in [-0.2, 0) is 6.42 Å². The van der Waals surface area contributed by atoms with Crippen molar-refractivity contribution in [2.45, 2.75) is 12.6 Å². The number of halogens is 3. The minimum absolute atomic E-state index is 0.00357. The minimum atomic E-state index is -4.33. The third-order valence-electron chi connectivity index (χ3n) is 2.69. The first-order valence-corrected chi connectivity index (χ1v) is 5.72. The Hall–Kier alpha value is -2.10. The van der Waals surface area contributed by atoms with Gasteiger partial charge in [0.15, 0.2) is 5.78 Å². The topological polar surface area (TPSA) is 17.1 Å². The third-order valence-corrected chi connectivity index (χ3v) is 2.69. The summed E-state index contributed by atoms with van der Waals surface area (Å²) in [5, 5.41) is 0. The number of carbonyl (C=O) groups excluding carboxylic acids is 1. The van der Waals surface area contributed by atoms with Gasteiger partial charge in [-0.3, -0.25) is 4.79 Å². The molecule has 0 amide bonds. The number of alkyl halides is 3. The van der Waals surface area contributed by atoms with Gasteiger partial charge in [-0.05, 0) is 5.56 Å². The first-order valence-electron chi connectivity index (χ1n) is 5.72. The number of ketones is 1. The van der Waals surface area contributed by atoms with Crippen molar-refractivity contribution in [1.82, 2.24) is 0 Å². The molecule has 0 aliphatic rings. The molecule has 0 aromatic heterocycles. The number of rotatable bonds is 3. The molecule has 2 aromatic carbocycles. The second-order valence-electron chi connectivity index (χ2n) is 4.14. The molecule has 2 rings (SSSR count). The highest BCUT2D eigenvalue weighted by Crippen LogP contribution is 2.24. The molecule has 0 fully saturated rings. The van der Waals surface area contributed by atoms with Crippen LogP contribution in [0.15, 0.2) is 54.6 Å². The summed E-state index contributed by atoms with van der Waals surface area (Å²) in [7, 11) is 0. The first-order chi connectivity index (χ1) is 8.97. The van der Waals surface area contributed by atoms with E-state index < -0.39 is 12.6 Å². The molecule has 0 saturated heterocycles. The number of hydrogen-bond acceptors (Lipinski definition) is 1. The molecule has 1 nitrogen and oxygen atoms in total. The van der Waals surface area contributed by atoms with Crippen LogP contribution in [0.3, 0.4) is 0 Å². The Bertz CT molecular complexity index is 573. The van der Waals surface area contributed by atoms with Gasteiger partial charge in [0.25, 0.3) is 0 Å². The van der Waals surface area contributed by atoms with E-state index in [1.165, 1.54) is 18.2 Å². The maximum absolute atomic E-state index is 12.5. The van der Waals surface area contributed by atoms with Gasteiger partial charge < -0.3 is 0 Å². The predicted octanol–water partition coefficient (Wildman–Crippen LogP) is 4.02. The molecule has 0 aliphatic heterocycles. The van der Waals surface area contributed by atoms with Gasteiger partial charge in [0.2, 0.25) is 0 Å². The molecule has 0 N–H and O–H groups in total. The van der Waals surface area contributed by atoms with Crippen molar-refractivity contribution in [2.75, 3.05) is 0 Å². The van der Waals surface area contributed by atoms with Crippen LogP contribution < -0.4 is 0 Å². The van der Waals surface area contributed by atoms with Gasteiger partial charge in [0.05, 0.1) is 6.42 Å². The molecule has 0 bridgehead atoms. The Morgan fingerprint density at radius 1 is 0.895 bits per heavy atom. The number of benzene rings is 2. The molecular formula is C15H11F3O. The van der Waals surface area contributed by atoms with Crippen molar-refractivity contribution in [2.24, 2.45) is 0 Å². The molecule has 98 valence electrons. The van der Waals surface area contributed by atoms with Crippen LogP contribution in [0.1, 0.15) is 21.5 Å². The fourth-order valence-electron chi connectivity index (χ4n) is 1.86. The van der Waals surface area contributed by atoms with Crippen LogP contribution in [0.4, 0.5) is 13.2 Å². The van der Waals surface area contributed by atoms with Crippen LogP contribution in [0.25, 0.3) is 0 Å². The summed E-state index contributed by atoms with van der Waals surface area (Å²) >= 11 is 0. The molecular weight excluding hydrogens is 253 g/mol. The normalized spacial score (nSPS) is 11.3. The van der Waals surface area contributed by atoms with Crippen molar-refractivity contribution >= 4 is 5.78 Å². The summed E-state index contributed by atoms with van der Waals surface area (Å²) in [6.45, 7) is 0. The summed E-state index contributed by atoms with van der Waals surface area (Å²) in [5.74, 6) is -0.388. The van der Waals surface area contributed by atoms with Gasteiger partial charge >= 0.3 is 6.18 Å². The van der Waals surface area contributed by atoms with Gasteiger partial charge in [-0.1, -0.05) is 54.6 Å². The van der Waals surface area contributed by atoms with E-state index in [4.69, 9.17) is 0 Å². The number of hydrogen-bond donors (Lipinski definition) is 0. The van der Waals surface area contributed by atoms with Gasteiger partial charge in [-0.25, -0.2) is 0 Å². The van der Waals surface area contributed by atoms with E-state index in [1.54, 1.807) is 36.4 Å². The maximum Gasteiger partial charge on any atom is 0.393 e. The first kappa shape index (κ1) is 13.3. The van der Waals surface area contributed by atoms with Gasteiger partial charge in [0, 0.05) is 11.1 Å². The van der Waals surface area contributed by atoms with Crippen LogP contribution in [0.5, 0.6) is 0 Å². The fraction of sp³-hybridized carbons (Fsp3) is 0.133. The predicted molar refractivity (Wildman–Crippen MR) is 66.1 cm³/mol. The average Bonchev–Trinajstić information content (AvgIpc) is 2.38.